The van der Waals surface area contributed by atoms with Crippen LogP contribution < -0.4 is 0 Å². The molecule has 0 rings (SSSR count). The van der Waals surface area contributed by atoms with Gasteiger partial charge in [-0.3, -0.25) is 9.59 Å². The van der Waals surface area contributed by atoms with Crippen LogP contribution >= 0.6 is 0 Å². The maximum Gasteiger partial charge on any atom is 0.305 e. The van der Waals surface area contributed by atoms with Gasteiger partial charge in [-0.25, -0.2) is 0 Å². The summed E-state index contributed by atoms with van der Waals surface area (Å²) < 4.78 is 11.0. The molecule has 60 heavy (non-hydrogen) atoms. The van der Waals surface area contributed by atoms with E-state index in [0.29, 0.717) is 26.1 Å². The number of carbonyl (C=O) groups excluding carboxylic acids is 2. The molecule has 0 bridgehead atoms. The van der Waals surface area contributed by atoms with Gasteiger partial charge in [-0.1, -0.05) is 296 Å². The first-order chi connectivity index (χ1) is 29.7. The Morgan fingerprint density at radius 3 is 0.550 bits per heavy atom. The van der Waals surface area contributed by atoms with Gasteiger partial charge in [0.2, 0.25) is 0 Å². The number of esters is 2. The summed E-state index contributed by atoms with van der Waals surface area (Å²) in [5, 5.41) is 0. The monoisotopic (exact) mass is 847 g/mol. The Bertz CT molecular complexity index is 745. The lowest BCUT2D eigenvalue weighted by atomic mass is 10.0. The summed E-state index contributed by atoms with van der Waals surface area (Å²) in [6.45, 7) is 5.82. The van der Waals surface area contributed by atoms with E-state index in [9.17, 15) is 9.59 Å². The van der Waals surface area contributed by atoms with Gasteiger partial charge in [-0.15, -0.1) is 0 Å². The third kappa shape index (κ3) is 53.1. The molecule has 0 saturated carbocycles. The largest absolute Gasteiger partial charge is 0.466 e. The molecule has 0 saturated heterocycles. The zero-order valence-corrected chi connectivity index (χ0v) is 41.4. The molecule has 0 aromatic carbocycles. The Morgan fingerprint density at radius 2 is 0.367 bits per heavy atom. The minimum atomic E-state index is 0.0208. The fraction of sp³-hybridized carbons (Fsp3) is 0.964. The zero-order chi connectivity index (χ0) is 43.3. The lowest BCUT2D eigenvalue weighted by Gasteiger charge is -2.06. The molecular formula is C56H110O4. The molecule has 0 atom stereocenters. The van der Waals surface area contributed by atoms with Crippen molar-refractivity contribution in [2.24, 2.45) is 0 Å². The van der Waals surface area contributed by atoms with Crippen molar-refractivity contribution in [2.75, 3.05) is 13.2 Å². The van der Waals surface area contributed by atoms with Crippen LogP contribution in [0.15, 0.2) is 0 Å². The Kier molecular flexibility index (Phi) is 53.1. The average molecular weight is 847 g/mol. The minimum Gasteiger partial charge on any atom is -0.466 e. The fourth-order valence-electron chi connectivity index (χ4n) is 8.83. The lowest BCUT2D eigenvalue weighted by Crippen LogP contribution is -2.05. The molecule has 0 aromatic rings. The number of ether oxygens (including phenoxy) is 2. The van der Waals surface area contributed by atoms with E-state index in [4.69, 9.17) is 9.47 Å². The first-order valence-corrected chi connectivity index (χ1v) is 28.0. The van der Waals surface area contributed by atoms with E-state index in [1.807, 2.05) is 0 Å². The second-order valence-electron chi connectivity index (χ2n) is 19.2. The highest BCUT2D eigenvalue weighted by Crippen LogP contribution is 2.17. The van der Waals surface area contributed by atoms with Gasteiger partial charge in [-0.2, -0.15) is 0 Å². The number of rotatable bonds is 53. The van der Waals surface area contributed by atoms with Gasteiger partial charge in [0.25, 0.3) is 0 Å². The smallest absolute Gasteiger partial charge is 0.305 e. The van der Waals surface area contributed by atoms with E-state index in [2.05, 4.69) is 13.8 Å². The summed E-state index contributed by atoms with van der Waals surface area (Å²) in [6.07, 6.45) is 65.4. The molecule has 4 nitrogen and oxygen atoms in total. The Morgan fingerprint density at radius 1 is 0.217 bits per heavy atom. The van der Waals surface area contributed by atoms with Crippen LogP contribution in [-0.2, 0) is 19.1 Å². The van der Waals surface area contributed by atoms with E-state index in [1.54, 1.807) is 0 Å². The molecule has 0 aliphatic carbocycles. The van der Waals surface area contributed by atoms with Crippen molar-refractivity contribution in [1.82, 2.24) is 0 Å². The highest BCUT2D eigenvalue weighted by Gasteiger charge is 2.05. The van der Waals surface area contributed by atoms with Crippen LogP contribution in [0.4, 0.5) is 0 Å². The van der Waals surface area contributed by atoms with Crippen molar-refractivity contribution in [3.8, 4) is 0 Å². The Balaban J connectivity index is 3.19. The van der Waals surface area contributed by atoms with E-state index in [-0.39, 0.29) is 11.9 Å². The summed E-state index contributed by atoms with van der Waals surface area (Å²) >= 11 is 0. The van der Waals surface area contributed by atoms with Crippen LogP contribution in [0.25, 0.3) is 0 Å². The summed E-state index contributed by atoms with van der Waals surface area (Å²) in [4.78, 5) is 24.1. The van der Waals surface area contributed by atoms with Crippen molar-refractivity contribution in [3.63, 3.8) is 0 Å². The average Bonchev–Trinajstić information content (AvgIpc) is 3.25. The number of carbonyl (C=O) groups is 2. The fourth-order valence-corrected chi connectivity index (χ4v) is 8.83. The van der Waals surface area contributed by atoms with Crippen molar-refractivity contribution < 1.29 is 19.1 Å². The van der Waals surface area contributed by atoms with Gasteiger partial charge >= 0.3 is 11.9 Å². The van der Waals surface area contributed by atoms with Gasteiger partial charge in [-0.05, 0) is 25.7 Å². The number of hydrogen-bond acceptors (Lipinski definition) is 4. The van der Waals surface area contributed by atoms with E-state index >= 15 is 0 Å². The zero-order valence-electron chi connectivity index (χ0n) is 41.4. The molecule has 0 aromatic heterocycles. The first-order valence-electron chi connectivity index (χ1n) is 28.0. The van der Waals surface area contributed by atoms with Crippen molar-refractivity contribution in [3.05, 3.63) is 0 Å². The quantitative estimate of drug-likeness (QED) is 0.0452. The highest BCUT2D eigenvalue weighted by atomic mass is 16.5. The molecule has 0 unspecified atom stereocenters. The van der Waals surface area contributed by atoms with Crippen molar-refractivity contribution in [1.29, 1.82) is 0 Å². The molecule has 0 aliphatic heterocycles. The molecular weight excluding hydrogens is 737 g/mol. The SMILES string of the molecule is CCCCCCCCCCCCCCCCCC(=O)OCCCCCCCCCCCCCCCCCCCCOC(=O)CCCCCCCCCCCCCCCCC. The molecule has 0 N–H and O–H groups in total. The van der Waals surface area contributed by atoms with Gasteiger partial charge in [0, 0.05) is 12.8 Å². The van der Waals surface area contributed by atoms with Crippen LogP contribution in [0.5, 0.6) is 0 Å². The van der Waals surface area contributed by atoms with Crippen LogP contribution in [0, 0.1) is 0 Å². The first kappa shape index (κ1) is 58.9. The van der Waals surface area contributed by atoms with Crippen molar-refractivity contribution >= 4 is 11.9 Å². The number of hydrogen-bond donors (Lipinski definition) is 0. The van der Waals surface area contributed by atoms with Crippen LogP contribution in [0.1, 0.15) is 335 Å². The Labute approximate surface area is 377 Å². The van der Waals surface area contributed by atoms with E-state index in [1.165, 1.54) is 283 Å². The van der Waals surface area contributed by atoms with Gasteiger partial charge in [0.1, 0.15) is 0 Å². The topological polar surface area (TPSA) is 52.6 Å². The van der Waals surface area contributed by atoms with Gasteiger partial charge < -0.3 is 9.47 Å². The highest BCUT2D eigenvalue weighted by molar-refractivity contribution is 5.69. The van der Waals surface area contributed by atoms with E-state index < -0.39 is 0 Å². The van der Waals surface area contributed by atoms with Crippen molar-refractivity contribution in [2.45, 2.75) is 335 Å². The summed E-state index contributed by atoms with van der Waals surface area (Å²) in [6, 6.07) is 0. The molecule has 0 aliphatic rings. The molecule has 358 valence electrons. The van der Waals surface area contributed by atoms with Crippen LogP contribution in [-0.4, -0.2) is 25.2 Å². The lowest BCUT2D eigenvalue weighted by molar-refractivity contribution is -0.144. The van der Waals surface area contributed by atoms with Gasteiger partial charge in [0.05, 0.1) is 13.2 Å². The molecule has 0 spiro atoms. The van der Waals surface area contributed by atoms with E-state index in [0.717, 1.165) is 25.7 Å². The molecule has 0 amide bonds. The summed E-state index contributed by atoms with van der Waals surface area (Å²) in [5.74, 6) is 0.0417. The second kappa shape index (κ2) is 54.1. The number of unbranched alkanes of at least 4 members (excludes halogenated alkanes) is 45. The summed E-state index contributed by atoms with van der Waals surface area (Å²) in [5.41, 5.74) is 0. The molecule has 0 heterocycles. The second-order valence-corrected chi connectivity index (χ2v) is 19.2. The van der Waals surface area contributed by atoms with Crippen LogP contribution in [0.2, 0.25) is 0 Å². The molecule has 4 heteroatoms. The maximum atomic E-state index is 12.0. The Hall–Kier alpha value is -1.06. The predicted molar refractivity (Wildman–Crippen MR) is 264 cm³/mol. The predicted octanol–water partition coefficient (Wildman–Crippen LogP) is 19.6. The summed E-state index contributed by atoms with van der Waals surface area (Å²) in [7, 11) is 0. The standard InChI is InChI=1S/C56H110O4/c1-3-5-7-9-11-13-15-17-23-27-31-35-39-43-47-51-55(57)59-53-49-45-41-37-33-29-25-21-19-20-22-26-30-34-38-42-46-50-54-60-56(58)52-48-44-40-36-32-28-24-18-16-14-12-10-8-6-4-2/h3-54H2,1-2H3. The molecule has 0 radical (unpaired) electrons. The van der Waals surface area contributed by atoms with Gasteiger partial charge in [0.15, 0.2) is 0 Å². The third-order valence-electron chi connectivity index (χ3n) is 13.0. The maximum absolute atomic E-state index is 12.0. The van der Waals surface area contributed by atoms with Crippen LogP contribution in [0.3, 0.4) is 0 Å². The molecule has 0 fully saturated rings. The third-order valence-corrected chi connectivity index (χ3v) is 13.0. The normalized spacial score (nSPS) is 11.4. The minimum absolute atomic E-state index is 0.0208.